The Morgan fingerprint density at radius 1 is 0.375 bits per heavy atom. The smallest absolute Gasteiger partial charge is 0.408 e. The van der Waals surface area contributed by atoms with Crippen molar-refractivity contribution in [3.63, 3.8) is 0 Å². The molecule has 0 radical (unpaired) electrons. The number of carbonyl (C=O) groups is 5. The zero-order valence-electron chi connectivity index (χ0n) is 54.1. The van der Waals surface area contributed by atoms with E-state index >= 15 is 0 Å². The molecule has 494 valence electrons. The van der Waals surface area contributed by atoms with E-state index < -0.39 is 35.3 Å². The summed E-state index contributed by atoms with van der Waals surface area (Å²) in [7, 11) is 5.61. The van der Waals surface area contributed by atoms with E-state index in [0.29, 0.717) is 81.8 Å². The van der Waals surface area contributed by atoms with Gasteiger partial charge < -0.3 is 44.2 Å². The van der Waals surface area contributed by atoms with Gasteiger partial charge in [0.25, 0.3) is 0 Å². The van der Waals surface area contributed by atoms with Gasteiger partial charge in [0.05, 0.1) is 59.1 Å². The number of esters is 3. The van der Waals surface area contributed by atoms with Gasteiger partial charge in [-0.2, -0.15) is 0 Å². The first-order valence-electron chi connectivity index (χ1n) is 29.3. The number of aryl methyl sites for hydroxylation is 1. The average molecular weight is 1310 g/mol. The molecule has 0 fully saturated rings. The topological polar surface area (TPSA) is 391 Å². The van der Waals surface area contributed by atoms with Crippen LogP contribution in [-0.2, 0) is 54.6 Å². The maximum Gasteiger partial charge on any atom is 0.408 e. The van der Waals surface area contributed by atoms with Gasteiger partial charge in [0.1, 0.15) is 17.0 Å². The van der Waals surface area contributed by atoms with Crippen molar-refractivity contribution in [2.75, 3.05) is 28.4 Å². The van der Waals surface area contributed by atoms with Crippen molar-refractivity contribution in [3.8, 4) is 74.1 Å². The molecule has 0 atom stereocenters. The number of amides is 2. The van der Waals surface area contributed by atoms with Gasteiger partial charge in [0.15, 0.2) is 11.6 Å². The average Bonchev–Trinajstić information content (AvgIpc) is 0.910. The summed E-state index contributed by atoms with van der Waals surface area (Å²) in [6, 6.07) is 44.6. The van der Waals surface area contributed by atoms with Crippen LogP contribution in [-0.4, -0.2) is 156 Å². The number of benzene rings is 6. The predicted octanol–water partition coefficient (Wildman–Crippen LogP) is 8.30. The maximum atomic E-state index is 11.7. The highest BCUT2D eigenvalue weighted by Gasteiger charge is 2.19. The van der Waals surface area contributed by atoms with Gasteiger partial charge in [-0.05, 0) is 101 Å². The lowest BCUT2D eigenvalue weighted by molar-refractivity contribution is -0.140. The molecule has 30 heteroatoms. The number of alkyl carbamates (subject to hydrolysis) is 2. The number of aromatic nitrogens is 16. The summed E-state index contributed by atoms with van der Waals surface area (Å²) in [6.07, 6.45) is -0.407. The fraction of sp³-hybridized carbons (Fsp3) is 0.258. The van der Waals surface area contributed by atoms with Crippen LogP contribution in [0.25, 0.3) is 68.3 Å². The number of methoxy groups -OCH3 is 4. The van der Waals surface area contributed by atoms with Gasteiger partial charge in [0, 0.05) is 46.3 Å². The molecule has 0 aliphatic carbocycles. The van der Waals surface area contributed by atoms with Crippen molar-refractivity contribution < 1.29 is 57.5 Å². The van der Waals surface area contributed by atoms with E-state index in [0.717, 1.165) is 39.1 Å². The van der Waals surface area contributed by atoms with Crippen molar-refractivity contribution in [2.24, 2.45) is 0 Å². The monoisotopic (exact) mass is 1300 g/mol. The van der Waals surface area contributed by atoms with Gasteiger partial charge >= 0.3 is 30.1 Å². The zero-order chi connectivity index (χ0) is 69.0. The van der Waals surface area contributed by atoms with Crippen LogP contribution in [0.3, 0.4) is 0 Å². The third kappa shape index (κ3) is 22.9. The summed E-state index contributed by atoms with van der Waals surface area (Å²) in [5, 5.41) is 78.8. The first-order valence-corrected chi connectivity index (χ1v) is 29.3. The highest BCUT2D eigenvalue weighted by atomic mass is 16.6. The fourth-order valence-electron chi connectivity index (χ4n) is 7.70. The molecule has 4 heterocycles. The molecule has 10 aromatic rings. The van der Waals surface area contributed by atoms with Crippen LogP contribution in [0, 0.1) is 0 Å². The van der Waals surface area contributed by atoms with Crippen LogP contribution in [0.1, 0.15) is 91.5 Å². The minimum Gasteiger partial charge on any atom is -0.497 e. The van der Waals surface area contributed by atoms with Crippen molar-refractivity contribution in [2.45, 2.75) is 85.3 Å². The molecular weight excluding hydrogens is 1240 g/mol. The minimum absolute atomic E-state index is 0.0157. The molecule has 4 aromatic heterocycles. The summed E-state index contributed by atoms with van der Waals surface area (Å²) >= 11 is 0. The second-order valence-electron chi connectivity index (χ2n) is 21.9. The van der Waals surface area contributed by atoms with E-state index in [2.05, 4.69) is 106 Å². The number of aliphatic hydroxyl groups excluding tert-OH is 1. The molecule has 0 saturated heterocycles. The Labute approximate surface area is 551 Å². The Bertz CT molecular complexity index is 4100. The van der Waals surface area contributed by atoms with Gasteiger partial charge in [-0.15, -0.1) is 81.6 Å². The molecular formula is C66H68N18O12. The lowest BCUT2D eigenvalue weighted by Gasteiger charge is -2.19. The summed E-state index contributed by atoms with van der Waals surface area (Å²) in [5.74, 6) is 2.71. The van der Waals surface area contributed by atoms with Gasteiger partial charge in [0.2, 0.25) is 34.9 Å². The zero-order valence-corrected chi connectivity index (χ0v) is 54.1. The highest BCUT2D eigenvalue weighted by Crippen LogP contribution is 2.22. The molecule has 3 N–H and O–H groups in total. The van der Waals surface area contributed by atoms with E-state index in [4.69, 9.17) is 19.3 Å². The van der Waals surface area contributed by atoms with E-state index in [9.17, 15) is 24.0 Å². The third-order valence-corrected chi connectivity index (χ3v) is 12.5. The largest absolute Gasteiger partial charge is 0.497 e. The summed E-state index contributed by atoms with van der Waals surface area (Å²) in [6.45, 7) is 11.2. The second kappa shape index (κ2) is 35.0. The molecule has 10 rings (SSSR count). The van der Waals surface area contributed by atoms with Crippen LogP contribution in [0.2, 0.25) is 0 Å². The Morgan fingerprint density at radius 3 is 1.04 bits per heavy atom. The Kier molecular flexibility index (Phi) is 26.0. The number of ether oxygens (including phenoxy) is 6. The number of nitrogens with zero attached hydrogens (tertiary/aromatic N) is 16. The van der Waals surface area contributed by atoms with E-state index in [-0.39, 0.29) is 25.5 Å². The molecule has 0 aliphatic rings. The van der Waals surface area contributed by atoms with Crippen molar-refractivity contribution in [1.29, 1.82) is 0 Å². The summed E-state index contributed by atoms with van der Waals surface area (Å²) in [5.41, 5.74) is 6.02. The molecule has 0 aliphatic heterocycles. The SMILES string of the molecule is COC(=O)CCc1nnc(-c2ccccc2)nn1.COC(=O)c1ccc(-c2nnc(-c3ccc(CNC(=O)OC(C)(C)C)cc3)nn2)cc1.COC(=O)c1ccc(-c2nnc(-c3ccc(CO)cc3)nn2)cc1.COc1ccc(-c2nnc(CNC(=O)OC(C)(C)C)nn2)cc1. The maximum absolute atomic E-state index is 11.7. The Hall–Kier alpha value is -12.2. The first-order chi connectivity index (χ1) is 46.1. The predicted molar refractivity (Wildman–Crippen MR) is 345 cm³/mol. The van der Waals surface area contributed by atoms with E-state index in [1.807, 2.05) is 87.5 Å². The molecule has 96 heavy (non-hydrogen) atoms. The van der Waals surface area contributed by atoms with E-state index in [1.54, 1.807) is 113 Å². The standard InChI is InChI=1S/C22H23N5O4.C17H14N4O3.C15H19N5O3.C12H12N4O2/c1-22(2,3)31-21(29)23-13-14-5-7-15(8-6-14)18-24-26-19(27-25-18)16-9-11-17(12-10-16)20(28)30-4;1-24-17(23)14-8-6-13(7-9-14)16-20-18-15(19-21-16)12-4-2-11(10-22)3-5-12;1-15(2,3)23-14(21)16-9-12-17-19-13(20-18-12)10-5-7-11(22-4)8-6-10;1-18-11(17)8-7-10-13-15-12(16-14-10)9-5-3-2-4-6-9/h5-12H,13H2,1-4H3,(H,23,29);2-9,22H,10H2,1H3;5-8H,9H2,1-4H3,(H,16,21);2-6H,7-8H2,1H3. The van der Waals surface area contributed by atoms with Crippen LogP contribution in [0.15, 0.2) is 152 Å². The molecule has 0 unspecified atom stereocenters. The van der Waals surface area contributed by atoms with Crippen molar-refractivity contribution in [3.05, 3.63) is 186 Å². The quantitative estimate of drug-likeness (QED) is 0.0569. The molecule has 30 nitrogen and oxygen atoms in total. The van der Waals surface area contributed by atoms with Crippen molar-refractivity contribution in [1.82, 2.24) is 92.2 Å². The summed E-state index contributed by atoms with van der Waals surface area (Å²) < 4.78 is 29.3. The Balaban J connectivity index is 0.000000184. The normalized spacial score (nSPS) is 10.7. The first kappa shape index (κ1) is 71.2. The summed E-state index contributed by atoms with van der Waals surface area (Å²) in [4.78, 5) is 57.2. The number of aliphatic hydroxyl groups is 1. The van der Waals surface area contributed by atoms with Crippen LogP contribution in [0.4, 0.5) is 9.59 Å². The van der Waals surface area contributed by atoms with Crippen LogP contribution < -0.4 is 15.4 Å². The van der Waals surface area contributed by atoms with Crippen LogP contribution >= 0.6 is 0 Å². The second-order valence-corrected chi connectivity index (χ2v) is 21.9. The number of hydrogen-bond acceptors (Lipinski definition) is 28. The van der Waals surface area contributed by atoms with Crippen molar-refractivity contribution >= 4 is 30.1 Å². The van der Waals surface area contributed by atoms with Gasteiger partial charge in [-0.1, -0.05) is 103 Å². The highest BCUT2D eigenvalue weighted by molar-refractivity contribution is 5.90. The Morgan fingerprint density at radius 2 is 0.698 bits per heavy atom. The van der Waals surface area contributed by atoms with Gasteiger partial charge in [-0.25, -0.2) is 19.2 Å². The number of hydrogen-bond donors (Lipinski definition) is 3. The minimum atomic E-state index is -0.556. The van der Waals surface area contributed by atoms with E-state index in [1.165, 1.54) is 21.3 Å². The fourth-order valence-corrected chi connectivity index (χ4v) is 7.70. The third-order valence-electron chi connectivity index (χ3n) is 12.5. The number of carbonyl (C=O) groups excluding carboxylic acids is 5. The number of nitrogens with one attached hydrogen (secondary N) is 2. The molecule has 0 saturated carbocycles. The lowest BCUT2D eigenvalue weighted by atomic mass is 10.1. The number of rotatable bonds is 17. The molecule has 0 spiro atoms. The molecule has 0 bridgehead atoms. The lowest BCUT2D eigenvalue weighted by Crippen LogP contribution is -2.32. The molecule has 6 aromatic carbocycles. The van der Waals surface area contributed by atoms with Crippen LogP contribution in [0.5, 0.6) is 5.75 Å². The molecule has 2 amide bonds. The van der Waals surface area contributed by atoms with Gasteiger partial charge in [-0.3, -0.25) is 4.79 Å².